The Bertz CT molecular complexity index is 728. The van der Waals surface area contributed by atoms with Gasteiger partial charge in [0.1, 0.15) is 0 Å². The predicted molar refractivity (Wildman–Crippen MR) is 77.9 cm³/mol. The molecule has 7 nitrogen and oxygen atoms in total. The number of rotatable bonds is 3. The zero-order chi connectivity index (χ0) is 15.1. The number of aliphatic hydroxyl groups is 1. The number of aliphatic hydroxyl groups excluding tert-OH is 1. The van der Waals surface area contributed by atoms with Gasteiger partial charge in [-0.3, -0.25) is 15.2 Å². The smallest absolute Gasteiger partial charge is 0.325 e. The number of hydrogen-bond acceptors (Lipinski definition) is 5. The highest BCUT2D eigenvalue weighted by molar-refractivity contribution is 6.09. The van der Waals surface area contributed by atoms with E-state index in [1.54, 1.807) is 6.08 Å². The third kappa shape index (κ3) is 2.56. The molecule has 1 saturated carbocycles. The van der Waals surface area contributed by atoms with E-state index in [-0.39, 0.29) is 5.56 Å². The molecule has 0 bridgehead atoms. The highest BCUT2D eigenvalue weighted by Crippen LogP contribution is 2.49. The summed E-state index contributed by atoms with van der Waals surface area (Å²) in [6.07, 6.45) is 3.30. The van der Waals surface area contributed by atoms with E-state index < -0.39 is 17.5 Å². The zero-order valence-corrected chi connectivity index (χ0v) is 11.9. The molecule has 2 aliphatic rings. The second kappa shape index (κ2) is 5.00. The molecule has 0 aromatic carbocycles. The molecule has 1 aromatic heterocycles. The number of allylic oxidation sites excluding steroid dienone is 1. The van der Waals surface area contributed by atoms with Crippen molar-refractivity contribution in [2.24, 2.45) is 22.9 Å². The number of aromatic amines is 2. The highest BCUT2D eigenvalue weighted by atomic mass is 16.3. The second-order valence-electron chi connectivity index (χ2n) is 5.91. The Kier molecular flexibility index (Phi) is 3.29. The molecule has 4 N–H and O–H groups in total. The van der Waals surface area contributed by atoms with Crippen LogP contribution in [-0.4, -0.2) is 27.0 Å². The van der Waals surface area contributed by atoms with Gasteiger partial charge in [-0.15, -0.1) is 0 Å². The molecule has 0 saturated heterocycles. The van der Waals surface area contributed by atoms with Gasteiger partial charge in [0.15, 0.2) is 6.23 Å². The van der Waals surface area contributed by atoms with E-state index in [4.69, 9.17) is 0 Å². The van der Waals surface area contributed by atoms with E-state index in [2.05, 4.69) is 34.3 Å². The lowest BCUT2D eigenvalue weighted by Gasteiger charge is -2.20. The van der Waals surface area contributed by atoms with Gasteiger partial charge in [0.25, 0.3) is 5.56 Å². The molecule has 1 fully saturated rings. The summed E-state index contributed by atoms with van der Waals surface area (Å²) in [5.74, 6) is 1.43. The van der Waals surface area contributed by atoms with Crippen molar-refractivity contribution < 1.29 is 5.11 Å². The van der Waals surface area contributed by atoms with Gasteiger partial charge < -0.3 is 10.1 Å². The van der Waals surface area contributed by atoms with Crippen LogP contribution in [-0.2, 0) is 0 Å². The number of aromatic nitrogens is 2. The summed E-state index contributed by atoms with van der Waals surface area (Å²) < 4.78 is 0. The summed E-state index contributed by atoms with van der Waals surface area (Å²) in [5.41, 5.74) is 3.12. The minimum Gasteiger partial charge on any atom is -0.368 e. The number of nitrogens with zero attached hydrogens (tertiary/aromatic N) is 1. The molecule has 112 valence electrons. The third-order valence-corrected chi connectivity index (χ3v) is 4.15. The normalized spacial score (nSPS) is 27.9. The van der Waals surface area contributed by atoms with Crippen LogP contribution in [0.5, 0.6) is 0 Å². The van der Waals surface area contributed by atoms with Gasteiger partial charge in [-0.1, -0.05) is 13.8 Å². The molecular weight excluding hydrogens is 272 g/mol. The van der Waals surface area contributed by atoms with Crippen molar-refractivity contribution in [2.75, 3.05) is 0 Å². The molecule has 7 heteroatoms. The fourth-order valence-corrected chi connectivity index (χ4v) is 2.86. The zero-order valence-electron chi connectivity index (χ0n) is 11.9. The Hall–Kier alpha value is -2.15. The van der Waals surface area contributed by atoms with Crippen LogP contribution in [0, 0.1) is 17.8 Å². The largest absolute Gasteiger partial charge is 0.368 e. The monoisotopic (exact) mass is 290 g/mol. The second-order valence-corrected chi connectivity index (χ2v) is 5.91. The van der Waals surface area contributed by atoms with Crippen LogP contribution in [0.3, 0.4) is 0 Å². The molecular formula is C14H18N4O3. The maximum Gasteiger partial charge on any atom is 0.325 e. The van der Waals surface area contributed by atoms with Crippen molar-refractivity contribution in [2.45, 2.75) is 26.5 Å². The fourth-order valence-electron chi connectivity index (χ4n) is 2.86. The molecule has 2 heterocycles. The summed E-state index contributed by atoms with van der Waals surface area (Å²) in [6.45, 7) is 4.32. The first kappa shape index (κ1) is 13.8. The molecule has 1 aromatic rings. The Morgan fingerprint density at radius 2 is 2.14 bits per heavy atom. The van der Waals surface area contributed by atoms with Crippen LogP contribution in [0.25, 0.3) is 0 Å². The van der Waals surface area contributed by atoms with Crippen molar-refractivity contribution in [3.8, 4) is 0 Å². The lowest BCUT2D eigenvalue weighted by molar-refractivity contribution is 0.165. The Balaban J connectivity index is 1.92. The van der Waals surface area contributed by atoms with Gasteiger partial charge in [0.05, 0.1) is 11.3 Å². The van der Waals surface area contributed by atoms with Gasteiger partial charge in [0, 0.05) is 6.20 Å². The third-order valence-electron chi connectivity index (χ3n) is 4.15. The van der Waals surface area contributed by atoms with E-state index >= 15 is 0 Å². The lowest BCUT2D eigenvalue weighted by Crippen LogP contribution is -2.35. The van der Waals surface area contributed by atoms with Crippen molar-refractivity contribution in [1.82, 2.24) is 15.4 Å². The van der Waals surface area contributed by atoms with E-state index in [0.717, 1.165) is 12.0 Å². The minimum absolute atomic E-state index is 0.272. The van der Waals surface area contributed by atoms with Gasteiger partial charge >= 0.3 is 5.69 Å². The average Bonchev–Trinajstić information content (AvgIpc) is 3.20. The molecule has 3 atom stereocenters. The van der Waals surface area contributed by atoms with Crippen LogP contribution in [0.4, 0.5) is 0 Å². The molecule has 0 radical (unpaired) electrons. The molecule has 1 aliphatic heterocycles. The van der Waals surface area contributed by atoms with Crippen LogP contribution >= 0.6 is 0 Å². The molecule has 21 heavy (non-hydrogen) atoms. The number of nitrogens with one attached hydrogen (secondary N) is 3. The van der Waals surface area contributed by atoms with Gasteiger partial charge in [-0.25, -0.2) is 4.79 Å². The first-order valence-corrected chi connectivity index (χ1v) is 7.02. The summed E-state index contributed by atoms with van der Waals surface area (Å²) in [5, 5.41) is 14.0. The quantitative estimate of drug-likeness (QED) is 0.623. The average molecular weight is 290 g/mol. The summed E-state index contributed by atoms with van der Waals surface area (Å²) in [6, 6.07) is 0. The van der Waals surface area contributed by atoms with E-state index in [1.807, 2.05) is 0 Å². The maximum absolute atomic E-state index is 11.8. The van der Waals surface area contributed by atoms with Crippen molar-refractivity contribution in [1.29, 1.82) is 0 Å². The van der Waals surface area contributed by atoms with E-state index in [9.17, 15) is 14.7 Å². The van der Waals surface area contributed by atoms with Gasteiger partial charge in [0.2, 0.25) is 0 Å². The van der Waals surface area contributed by atoms with Crippen molar-refractivity contribution >= 4 is 5.71 Å². The van der Waals surface area contributed by atoms with E-state index in [0.29, 0.717) is 23.5 Å². The van der Waals surface area contributed by atoms with Crippen LogP contribution < -0.4 is 16.7 Å². The van der Waals surface area contributed by atoms with Crippen LogP contribution in [0.2, 0.25) is 0 Å². The summed E-state index contributed by atoms with van der Waals surface area (Å²) in [7, 11) is 0. The van der Waals surface area contributed by atoms with Gasteiger partial charge in [-0.05, 0) is 35.8 Å². The molecule has 1 aliphatic carbocycles. The van der Waals surface area contributed by atoms with Crippen LogP contribution in [0.15, 0.2) is 32.5 Å². The van der Waals surface area contributed by atoms with E-state index in [1.165, 1.54) is 6.20 Å². The SMILES string of the molecule is CC(C)[C@H]1C[C@@H]1C1=CC(c2c[nH]c(=O)[nH]c2=O)=NNC1O. The molecule has 3 rings (SSSR count). The molecule has 0 spiro atoms. The molecule has 0 amide bonds. The Morgan fingerprint density at radius 3 is 2.76 bits per heavy atom. The lowest BCUT2D eigenvalue weighted by atomic mass is 9.99. The van der Waals surface area contributed by atoms with Crippen molar-refractivity contribution in [3.63, 3.8) is 0 Å². The number of hydrogen-bond donors (Lipinski definition) is 4. The minimum atomic E-state index is -0.815. The number of hydrazone groups is 1. The Morgan fingerprint density at radius 1 is 1.38 bits per heavy atom. The first-order chi connectivity index (χ1) is 9.97. The van der Waals surface area contributed by atoms with Crippen LogP contribution in [0.1, 0.15) is 25.8 Å². The topological polar surface area (TPSA) is 110 Å². The summed E-state index contributed by atoms with van der Waals surface area (Å²) in [4.78, 5) is 27.5. The Labute approximate surface area is 120 Å². The highest BCUT2D eigenvalue weighted by Gasteiger charge is 2.44. The van der Waals surface area contributed by atoms with Crippen molar-refractivity contribution in [3.05, 3.63) is 44.2 Å². The summed E-state index contributed by atoms with van der Waals surface area (Å²) >= 11 is 0. The van der Waals surface area contributed by atoms with Gasteiger partial charge in [-0.2, -0.15) is 5.10 Å². The first-order valence-electron chi connectivity index (χ1n) is 7.02. The number of H-pyrrole nitrogens is 2. The fraction of sp³-hybridized carbons (Fsp3) is 0.500. The molecule has 1 unspecified atom stereocenters. The predicted octanol–water partition coefficient (Wildman–Crippen LogP) is -0.0926. The standard InChI is InChI=1S/C14H18N4O3/c1-6(2)7-3-8(7)9-4-11(17-18-13(9)20)10-5-15-14(21)16-12(10)19/h4-8,13,18,20H,3H2,1-2H3,(H2,15,16,19,21)/t7-,8+,13?/m1/s1. The maximum atomic E-state index is 11.8.